The molecule has 0 bridgehead atoms. The van der Waals surface area contributed by atoms with Crippen LogP contribution in [-0.4, -0.2) is 47.4 Å². The lowest BCUT2D eigenvalue weighted by Crippen LogP contribution is -2.45. The fourth-order valence-corrected chi connectivity index (χ4v) is 9.63. The van der Waals surface area contributed by atoms with Crippen molar-refractivity contribution in [3.8, 4) is 0 Å². The van der Waals surface area contributed by atoms with E-state index in [1.807, 2.05) is 6.08 Å². The number of unbranched alkanes of at least 4 members (excludes halogenated alkanes) is 41. The fourth-order valence-electron chi connectivity index (χ4n) is 9.63. The van der Waals surface area contributed by atoms with Crippen LogP contribution in [0.1, 0.15) is 335 Å². The molecule has 0 aromatic carbocycles. The van der Waals surface area contributed by atoms with Gasteiger partial charge >= 0.3 is 5.97 Å². The van der Waals surface area contributed by atoms with Crippen LogP contribution in [0.3, 0.4) is 0 Å². The third-order valence-corrected chi connectivity index (χ3v) is 14.4. The summed E-state index contributed by atoms with van der Waals surface area (Å²) < 4.78 is 5.46. The first-order valence-electron chi connectivity index (χ1n) is 31.2. The number of esters is 1. The Hall–Kier alpha value is -1.92. The molecule has 0 aliphatic carbocycles. The van der Waals surface area contributed by atoms with Gasteiger partial charge in [0.25, 0.3) is 0 Å². The maximum Gasteiger partial charge on any atom is 0.305 e. The summed E-state index contributed by atoms with van der Waals surface area (Å²) in [4.78, 5) is 24.5. The second-order valence-corrected chi connectivity index (χ2v) is 21.4. The number of carbonyl (C=O) groups excluding carboxylic acids is 2. The maximum atomic E-state index is 12.5. The number of ether oxygens (including phenoxy) is 1. The number of amides is 1. The molecule has 6 heteroatoms. The third kappa shape index (κ3) is 55.4. The van der Waals surface area contributed by atoms with E-state index >= 15 is 0 Å². The molecule has 6 nitrogen and oxygen atoms in total. The molecule has 0 saturated heterocycles. The molecule has 0 aliphatic heterocycles. The lowest BCUT2D eigenvalue weighted by Gasteiger charge is -2.22. The van der Waals surface area contributed by atoms with Crippen molar-refractivity contribution in [2.75, 3.05) is 13.2 Å². The number of carbonyl (C=O) groups is 2. The number of aliphatic hydroxyl groups excluding tert-OH is 2. The van der Waals surface area contributed by atoms with Crippen molar-refractivity contribution in [3.05, 3.63) is 36.5 Å². The molecular formula is C64H121NO5. The van der Waals surface area contributed by atoms with Crippen molar-refractivity contribution in [3.63, 3.8) is 0 Å². The largest absolute Gasteiger partial charge is 0.466 e. The predicted octanol–water partition coefficient (Wildman–Crippen LogP) is 19.6. The SMILES string of the molecule is CCCCCCCC/C=C\CCCCCCCC(=O)OCCCCCCCC/C=C\C/C=C\CCC(=O)NC(CO)C(O)CCCCCCCCCCCCCCCCCCCCCCCCCCC. The monoisotopic (exact) mass is 984 g/mol. The van der Waals surface area contributed by atoms with Gasteiger partial charge in [0, 0.05) is 12.8 Å². The van der Waals surface area contributed by atoms with E-state index in [-0.39, 0.29) is 18.5 Å². The van der Waals surface area contributed by atoms with Gasteiger partial charge in [-0.3, -0.25) is 9.59 Å². The summed E-state index contributed by atoms with van der Waals surface area (Å²) >= 11 is 0. The average Bonchev–Trinajstić information content (AvgIpc) is 3.36. The molecule has 0 heterocycles. The molecule has 412 valence electrons. The highest BCUT2D eigenvalue weighted by atomic mass is 16.5. The zero-order chi connectivity index (χ0) is 50.7. The van der Waals surface area contributed by atoms with Gasteiger partial charge in [-0.2, -0.15) is 0 Å². The van der Waals surface area contributed by atoms with Gasteiger partial charge in [0.2, 0.25) is 5.91 Å². The van der Waals surface area contributed by atoms with E-state index in [4.69, 9.17) is 4.74 Å². The summed E-state index contributed by atoms with van der Waals surface area (Å²) in [5.74, 6) is -0.137. The molecule has 0 aromatic heterocycles. The van der Waals surface area contributed by atoms with Crippen LogP contribution in [0.4, 0.5) is 0 Å². The minimum atomic E-state index is -0.701. The summed E-state index contributed by atoms with van der Waals surface area (Å²) in [6, 6.07) is -0.588. The molecule has 70 heavy (non-hydrogen) atoms. The minimum Gasteiger partial charge on any atom is -0.466 e. The Kier molecular flexibility index (Phi) is 58.0. The van der Waals surface area contributed by atoms with Gasteiger partial charge in [0.15, 0.2) is 0 Å². The number of rotatable bonds is 58. The van der Waals surface area contributed by atoms with Crippen LogP contribution in [-0.2, 0) is 14.3 Å². The van der Waals surface area contributed by atoms with Crippen molar-refractivity contribution < 1.29 is 24.5 Å². The van der Waals surface area contributed by atoms with E-state index in [1.165, 1.54) is 244 Å². The Morgan fingerprint density at radius 1 is 0.400 bits per heavy atom. The first kappa shape index (κ1) is 68.1. The smallest absolute Gasteiger partial charge is 0.305 e. The van der Waals surface area contributed by atoms with E-state index in [0.717, 1.165) is 51.4 Å². The van der Waals surface area contributed by atoms with Gasteiger partial charge in [-0.1, -0.05) is 288 Å². The number of hydrogen-bond acceptors (Lipinski definition) is 5. The summed E-state index contributed by atoms with van der Waals surface area (Å²) in [5, 5.41) is 23.3. The van der Waals surface area contributed by atoms with Crippen molar-refractivity contribution >= 4 is 11.9 Å². The fraction of sp³-hybridized carbons (Fsp3) is 0.875. The van der Waals surface area contributed by atoms with E-state index in [9.17, 15) is 19.8 Å². The highest BCUT2D eigenvalue weighted by Crippen LogP contribution is 2.18. The first-order chi connectivity index (χ1) is 34.5. The number of allylic oxidation sites excluding steroid dienone is 6. The van der Waals surface area contributed by atoms with Gasteiger partial charge in [-0.05, 0) is 70.6 Å². The molecule has 2 unspecified atom stereocenters. The van der Waals surface area contributed by atoms with Crippen molar-refractivity contribution in [1.29, 1.82) is 0 Å². The first-order valence-corrected chi connectivity index (χ1v) is 31.2. The summed E-state index contributed by atoms with van der Waals surface area (Å²) in [6.07, 6.45) is 74.5. The Morgan fingerprint density at radius 3 is 1.13 bits per heavy atom. The predicted molar refractivity (Wildman–Crippen MR) is 306 cm³/mol. The molecule has 0 rings (SSSR count). The summed E-state index contributed by atoms with van der Waals surface area (Å²) in [7, 11) is 0. The lowest BCUT2D eigenvalue weighted by molar-refractivity contribution is -0.143. The zero-order valence-electron chi connectivity index (χ0n) is 47.0. The molecule has 2 atom stereocenters. The second-order valence-electron chi connectivity index (χ2n) is 21.4. The van der Waals surface area contributed by atoms with Crippen LogP contribution in [0.5, 0.6) is 0 Å². The molecule has 0 aromatic rings. The highest BCUT2D eigenvalue weighted by molar-refractivity contribution is 5.76. The molecule has 1 amide bonds. The van der Waals surface area contributed by atoms with Crippen LogP contribution < -0.4 is 5.32 Å². The van der Waals surface area contributed by atoms with Gasteiger partial charge in [-0.15, -0.1) is 0 Å². The number of aliphatic hydroxyl groups is 2. The van der Waals surface area contributed by atoms with Crippen LogP contribution in [0, 0.1) is 0 Å². The van der Waals surface area contributed by atoms with Crippen LogP contribution in [0.2, 0.25) is 0 Å². The van der Waals surface area contributed by atoms with Gasteiger partial charge in [0.1, 0.15) is 0 Å². The molecule has 0 aliphatic rings. The van der Waals surface area contributed by atoms with E-state index in [1.54, 1.807) is 0 Å². The molecule has 3 N–H and O–H groups in total. The summed E-state index contributed by atoms with van der Waals surface area (Å²) in [5.41, 5.74) is 0. The molecule has 0 fully saturated rings. The lowest BCUT2D eigenvalue weighted by atomic mass is 10.0. The van der Waals surface area contributed by atoms with Crippen molar-refractivity contribution in [2.45, 2.75) is 347 Å². The Morgan fingerprint density at radius 2 is 0.729 bits per heavy atom. The molecule has 0 spiro atoms. The molecular weight excluding hydrogens is 863 g/mol. The number of hydrogen-bond donors (Lipinski definition) is 3. The average molecular weight is 985 g/mol. The standard InChI is InChI=1S/C64H121NO5/c1-3-5-7-9-11-13-15-17-19-20-21-22-23-24-25-26-27-28-30-32-36-40-44-48-52-56-62(67)61(60-66)65-63(68)57-53-49-45-41-37-33-31-35-39-43-47-51-55-59-70-64(69)58-54-50-46-42-38-34-29-18-16-14-12-10-8-6-4-2/h18,29,33,37,45,49,61-62,66-67H,3-17,19-28,30-32,34-36,38-44,46-48,50-60H2,1-2H3,(H,65,68)/b29-18-,37-33-,49-45-. The van der Waals surface area contributed by atoms with Gasteiger partial charge < -0.3 is 20.3 Å². The quantitative estimate of drug-likeness (QED) is 0.0321. The van der Waals surface area contributed by atoms with Crippen LogP contribution >= 0.6 is 0 Å². The van der Waals surface area contributed by atoms with E-state index in [2.05, 4.69) is 49.5 Å². The highest BCUT2D eigenvalue weighted by Gasteiger charge is 2.20. The second kappa shape index (κ2) is 59.6. The topological polar surface area (TPSA) is 95.9 Å². The van der Waals surface area contributed by atoms with Crippen molar-refractivity contribution in [2.24, 2.45) is 0 Å². The number of nitrogens with one attached hydrogen (secondary N) is 1. The normalized spacial score (nSPS) is 12.8. The van der Waals surface area contributed by atoms with Gasteiger partial charge in [0.05, 0.1) is 25.4 Å². The third-order valence-electron chi connectivity index (χ3n) is 14.4. The van der Waals surface area contributed by atoms with Crippen LogP contribution in [0.15, 0.2) is 36.5 Å². The Balaban J connectivity index is 3.52. The molecule has 0 saturated carbocycles. The Labute approximate surface area is 436 Å². The zero-order valence-corrected chi connectivity index (χ0v) is 47.0. The Bertz CT molecular complexity index is 1130. The van der Waals surface area contributed by atoms with Crippen molar-refractivity contribution in [1.82, 2.24) is 5.32 Å². The maximum absolute atomic E-state index is 12.5. The minimum absolute atomic E-state index is 0.0242. The van der Waals surface area contributed by atoms with Gasteiger partial charge in [-0.25, -0.2) is 0 Å². The van der Waals surface area contributed by atoms with E-state index in [0.29, 0.717) is 32.3 Å². The summed E-state index contributed by atoms with van der Waals surface area (Å²) in [6.45, 7) is 4.90. The van der Waals surface area contributed by atoms with Crippen LogP contribution in [0.25, 0.3) is 0 Å². The van der Waals surface area contributed by atoms with E-state index < -0.39 is 12.1 Å². The molecule has 0 radical (unpaired) electrons.